The summed E-state index contributed by atoms with van der Waals surface area (Å²) < 4.78 is 26.0. The molecule has 0 aliphatic carbocycles. The van der Waals surface area contributed by atoms with Crippen molar-refractivity contribution in [3.05, 3.63) is 59.7 Å². The van der Waals surface area contributed by atoms with Gasteiger partial charge in [-0.3, -0.25) is 4.79 Å². The second-order valence-electron chi connectivity index (χ2n) is 5.17. The van der Waals surface area contributed by atoms with E-state index >= 15 is 0 Å². The van der Waals surface area contributed by atoms with Crippen molar-refractivity contribution < 1.29 is 18.7 Å². The molecule has 0 aliphatic heterocycles. The van der Waals surface area contributed by atoms with Crippen LogP contribution in [-0.2, 0) is 11.2 Å². The molecule has 4 nitrogen and oxygen atoms in total. The second kappa shape index (κ2) is 7.69. The topological polar surface area (TPSA) is 52.6 Å². The van der Waals surface area contributed by atoms with Crippen molar-refractivity contribution >= 4 is 17.3 Å². The van der Waals surface area contributed by atoms with Gasteiger partial charge in [0, 0.05) is 25.0 Å². The van der Waals surface area contributed by atoms with E-state index in [-0.39, 0.29) is 18.9 Å². The van der Waals surface area contributed by atoms with E-state index in [1.807, 2.05) is 24.1 Å². The molecule has 2 aromatic carbocycles. The number of hydrogen-bond acceptors (Lipinski definition) is 3. The van der Waals surface area contributed by atoms with Gasteiger partial charge in [0.15, 0.2) is 11.6 Å². The smallest absolute Gasteiger partial charge is 0.228 e. The van der Waals surface area contributed by atoms with Crippen molar-refractivity contribution in [2.45, 2.75) is 6.42 Å². The third kappa shape index (κ3) is 4.75. The van der Waals surface area contributed by atoms with E-state index in [1.54, 1.807) is 12.1 Å². The van der Waals surface area contributed by atoms with Gasteiger partial charge in [-0.2, -0.15) is 0 Å². The van der Waals surface area contributed by atoms with Crippen molar-refractivity contribution in [3.63, 3.8) is 0 Å². The van der Waals surface area contributed by atoms with Crippen LogP contribution in [0.5, 0.6) is 0 Å². The average Bonchev–Trinajstić information content (AvgIpc) is 2.52. The summed E-state index contributed by atoms with van der Waals surface area (Å²) in [6, 6.07) is 10.5. The van der Waals surface area contributed by atoms with Gasteiger partial charge >= 0.3 is 0 Å². The van der Waals surface area contributed by atoms with Gasteiger partial charge in [0.05, 0.1) is 13.0 Å². The fourth-order valence-corrected chi connectivity index (χ4v) is 2.12. The van der Waals surface area contributed by atoms with Crippen LogP contribution in [0.2, 0.25) is 0 Å². The Hall–Kier alpha value is -2.47. The molecule has 2 aromatic rings. The molecule has 6 heteroatoms. The van der Waals surface area contributed by atoms with Crippen LogP contribution in [0.25, 0.3) is 0 Å². The van der Waals surface area contributed by atoms with Crippen LogP contribution in [0.3, 0.4) is 0 Å². The summed E-state index contributed by atoms with van der Waals surface area (Å²) in [4.78, 5) is 13.8. The first kappa shape index (κ1) is 16.9. The highest BCUT2D eigenvalue weighted by molar-refractivity contribution is 5.92. The third-order valence-corrected chi connectivity index (χ3v) is 3.38. The van der Waals surface area contributed by atoms with Crippen molar-refractivity contribution in [2.24, 2.45) is 0 Å². The number of aliphatic hydroxyl groups is 1. The molecular formula is C17H18F2N2O2. The quantitative estimate of drug-likeness (QED) is 0.860. The zero-order valence-corrected chi connectivity index (χ0v) is 12.7. The van der Waals surface area contributed by atoms with Gasteiger partial charge in [0.25, 0.3) is 0 Å². The van der Waals surface area contributed by atoms with Crippen LogP contribution in [0.15, 0.2) is 42.5 Å². The molecule has 0 aliphatic rings. The lowest BCUT2D eigenvalue weighted by Crippen LogP contribution is -2.21. The summed E-state index contributed by atoms with van der Waals surface area (Å²) in [7, 11) is 1.85. The van der Waals surface area contributed by atoms with Gasteiger partial charge in [-0.1, -0.05) is 6.07 Å². The van der Waals surface area contributed by atoms with E-state index in [2.05, 4.69) is 5.32 Å². The van der Waals surface area contributed by atoms with Gasteiger partial charge in [-0.15, -0.1) is 0 Å². The van der Waals surface area contributed by atoms with Crippen LogP contribution in [-0.4, -0.2) is 31.2 Å². The summed E-state index contributed by atoms with van der Waals surface area (Å²) >= 11 is 0. The first-order valence-corrected chi connectivity index (χ1v) is 7.15. The van der Waals surface area contributed by atoms with E-state index in [4.69, 9.17) is 5.11 Å². The van der Waals surface area contributed by atoms with E-state index < -0.39 is 11.6 Å². The molecular weight excluding hydrogens is 302 g/mol. The summed E-state index contributed by atoms with van der Waals surface area (Å²) in [5.41, 5.74) is 1.93. The molecule has 2 rings (SSSR count). The van der Waals surface area contributed by atoms with Crippen LogP contribution < -0.4 is 10.2 Å². The predicted molar refractivity (Wildman–Crippen MR) is 85.5 cm³/mol. The largest absolute Gasteiger partial charge is 0.395 e. The number of aliphatic hydroxyl groups excluding tert-OH is 1. The predicted octanol–water partition coefficient (Wildman–Crippen LogP) is 2.57. The molecule has 2 N–H and O–H groups in total. The number of hydrogen-bond donors (Lipinski definition) is 2. The minimum atomic E-state index is -0.966. The maximum atomic E-state index is 13.1. The standard InChI is InChI=1S/C17H18F2N2O2/c1-21(8-9-22)14-5-3-13(4-6-14)20-17(23)11-12-2-7-15(18)16(19)10-12/h2-7,10,22H,8-9,11H2,1H3,(H,20,23). The van der Waals surface area contributed by atoms with E-state index in [9.17, 15) is 13.6 Å². The molecule has 0 saturated heterocycles. The SMILES string of the molecule is CN(CCO)c1ccc(NC(=O)Cc2ccc(F)c(F)c2)cc1. The summed E-state index contributed by atoms with van der Waals surface area (Å²) in [6.07, 6.45) is -0.0383. The monoisotopic (exact) mass is 320 g/mol. The molecule has 0 saturated carbocycles. The number of nitrogens with zero attached hydrogens (tertiary/aromatic N) is 1. The summed E-state index contributed by atoms with van der Waals surface area (Å²) in [5.74, 6) is -2.21. The molecule has 0 atom stereocenters. The minimum absolute atomic E-state index is 0.0383. The Morgan fingerprint density at radius 3 is 2.43 bits per heavy atom. The van der Waals surface area contributed by atoms with Crippen molar-refractivity contribution in [1.82, 2.24) is 0 Å². The van der Waals surface area contributed by atoms with E-state index in [0.29, 0.717) is 17.8 Å². The number of amides is 1. The number of benzene rings is 2. The maximum absolute atomic E-state index is 13.1. The Bertz CT molecular complexity index is 675. The highest BCUT2D eigenvalue weighted by Gasteiger charge is 2.08. The van der Waals surface area contributed by atoms with Crippen molar-refractivity contribution in [2.75, 3.05) is 30.4 Å². The Labute approximate surface area is 133 Å². The highest BCUT2D eigenvalue weighted by atomic mass is 19.2. The average molecular weight is 320 g/mol. The van der Waals surface area contributed by atoms with Crippen LogP contribution in [0, 0.1) is 11.6 Å². The van der Waals surface area contributed by atoms with Gasteiger partial charge < -0.3 is 15.3 Å². The Kier molecular flexibility index (Phi) is 5.65. The lowest BCUT2D eigenvalue weighted by atomic mass is 10.1. The lowest BCUT2D eigenvalue weighted by molar-refractivity contribution is -0.115. The van der Waals surface area contributed by atoms with Gasteiger partial charge in [0.1, 0.15) is 0 Å². The van der Waals surface area contributed by atoms with E-state index in [1.165, 1.54) is 6.07 Å². The summed E-state index contributed by atoms with van der Waals surface area (Å²) in [6.45, 7) is 0.574. The molecule has 0 unspecified atom stereocenters. The Balaban J connectivity index is 1.95. The van der Waals surface area contributed by atoms with Gasteiger partial charge in [0.2, 0.25) is 5.91 Å². The number of likely N-dealkylation sites (N-methyl/N-ethyl adjacent to an activating group) is 1. The van der Waals surface area contributed by atoms with Crippen LogP contribution in [0.4, 0.5) is 20.2 Å². The van der Waals surface area contributed by atoms with E-state index in [0.717, 1.165) is 17.8 Å². The molecule has 0 spiro atoms. The molecule has 0 bridgehead atoms. The minimum Gasteiger partial charge on any atom is -0.395 e. The molecule has 0 heterocycles. The first-order chi connectivity index (χ1) is 11.0. The van der Waals surface area contributed by atoms with Crippen LogP contribution >= 0.6 is 0 Å². The third-order valence-electron chi connectivity index (χ3n) is 3.38. The zero-order valence-electron chi connectivity index (χ0n) is 12.7. The fraction of sp³-hybridized carbons (Fsp3) is 0.235. The number of carbonyl (C=O) groups excluding carboxylic acids is 1. The van der Waals surface area contributed by atoms with Crippen LogP contribution in [0.1, 0.15) is 5.56 Å². The second-order valence-corrected chi connectivity index (χ2v) is 5.17. The molecule has 0 aromatic heterocycles. The lowest BCUT2D eigenvalue weighted by Gasteiger charge is -2.18. The molecule has 23 heavy (non-hydrogen) atoms. The molecule has 0 fully saturated rings. The first-order valence-electron chi connectivity index (χ1n) is 7.15. The fourth-order valence-electron chi connectivity index (χ4n) is 2.12. The number of nitrogens with one attached hydrogen (secondary N) is 1. The number of carbonyl (C=O) groups is 1. The molecule has 0 radical (unpaired) electrons. The number of rotatable bonds is 6. The number of anilines is 2. The van der Waals surface area contributed by atoms with Gasteiger partial charge in [-0.05, 0) is 42.0 Å². The van der Waals surface area contributed by atoms with Crippen molar-refractivity contribution in [1.29, 1.82) is 0 Å². The molecule has 122 valence electrons. The van der Waals surface area contributed by atoms with Crippen molar-refractivity contribution in [3.8, 4) is 0 Å². The Morgan fingerprint density at radius 1 is 1.13 bits per heavy atom. The van der Waals surface area contributed by atoms with Gasteiger partial charge in [-0.25, -0.2) is 8.78 Å². The maximum Gasteiger partial charge on any atom is 0.228 e. The number of halogens is 2. The highest BCUT2D eigenvalue weighted by Crippen LogP contribution is 2.17. The normalized spacial score (nSPS) is 10.4. The molecule has 1 amide bonds. The summed E-state index contributed by atoms with van der Waals surface area (Å²) in [5, 5.41) is 11.6. The Morgan fingerprint density at radius 2 is 1.83 bits per heavy atom. The zero-order chi connectivity index (χ0) is 16.8.